The largest absolute Gasteiger partial charge is 0.497 e. The molecule has 4 heteroatoms. The van der Waals surface area contributed by atoms with Gasteiger partial charge in [-0.05, 0) is 35.9 Å². The van der Waals surface area contributed by atoms with Crippen molar-refractivity contribution in [2.75, 3.05) is 7.11 Å². The fraction of sp³-hybridized carbons (Fsp3) is 0.250. The number of hydrogen-bond donors (Lipinski definition) is 0. The van der Waals surface area contributed by atoms with Crippen LogP contribution in [0.25, 0.3) is 23.1 Å². The summed E-state index contributed by atoms with van der Waals surface area (Å²) in [4.78, 5) is 13.6. The molecule has 0 saturated heterocycles. The third-order valence-electron chi connectivity index (χ3n) is 3.74. The lowest BCUT2D eigenvalue weighted by Crippen LogP contribution is -2.15. The van der Waals surface area contributed by atoms with Crippen molar-refractivity contribution in [3.05, 3.63) is 59.8 Å². The summed E-state index contributed by atoms with van der Waals surface area (Å²) in [7, 11) is 1.66. The van der Waals surface area contributed by atoms with Gasteiger partial charge in [0.25, 0.3) is 0 Å². The van der Waals surface area contributed by atoms with Crippen molar-refractivity contribution < 1.29 is 4.74 Å². The van der Waals surface area contributed by atoms with Crippen LogP contribution in [0.2, 0.25) is 0 Å². The number of fused-ring (bicyclic) bond motifs is 1. The first-order valence-electron chi connectivity index (χ1n) is 7.92. The Kier molecular flexibility index (Phi) is 4.30. The molecule has 3 rings (SSSR count). The minimum atomic E-state index is -0.0767. The number of benzene rings is 1. The van der Waals surface area contributed by atoms with E-state index in [0.717, 1.165) is 27.9 Å². The second kappa shape index (κ2) is 6.40. The maximum Gasteiger partial charge on any atom is 0.152 e. The average Bonchev–Trinajstić information content (AvgIpc) is 2.58. The first-order valence-corrected chi connectivity index (χ1v) is 7.92. The van der Waals surface area contributed by atoms with E-state index in [-0.39, 0.29) is 5.41 Å². The quantitative estimate of drug-likeness (QED) is 0.713. The van der Waals surface area contributed by atoms with E-state index in [4.69, 9.17) is 9.72 Å². The second-order valence-corrected chi connectivity index (χ2v) is 6.68. The molecule has 0 N–H and O–H groups in total. The van der Waals surface area contributed by atoms with Crippen molar-refractivity contribution in [1.82, 2.24) is 15.0 Å². The van der Waals surface area contributed by atoms with E-state index in [9.17, 15) is 0 Å². The highest BCUT2D eigenvalue weighted by atomic mass is 16.5. The Balaban J connectivity index is 2.13. The number of pyridine rings is 1. The van der Waals surface area contributed by atoms with Crippen molar-refractivity contribution in [3.63, 3.8) is 0 Å². The lowest BCUT2D eigenvalue weighted by molar-refractivity contribution is 0.415. The molecule has 0 unspecified atom stereocenters. The summed E-state index contributed by atoms with van der Waals surface area (Å²) < 4.78 is 5.33. The van der Waals surface area contributed by atoms with Gasteiger partial charge in [-0.25, -0.2) is 9.97 Å². The molecule has 2 aromatic heterocycles. The van der Waals surface area contributed by atoms with Crippen LogP contribution >= 0.6 is 0 Å². The zero-order chi connectivity index (χ0) is 17.2. The van der Waals surface area contributed by atoms with Gasteiger partial charge >= 0.3 is 0 Å². The first-order chi connectivity index (χ1) is 11.5. The minimum Gasteiger partial charge on any atom is -0.497 e. The third kappa shape index (κ3) is 3.43. The SMILES string of the molecule is COc1ccc2c(C(C)(C)C)nc(/C=C/c3cccnc3)nc2c1. The van der Waals surface area contributed by atoms with Crippen LogP contribution in [0.1, 0.15) is 37.9 Å². The summed E-state index contributed by atoms with van der Waals surface area (Å²) in [6, 6.07) is 9.84. The number of hydrogen-bond acceptors (Lipinski definition) is 4. The molecule has 3 aromatic rings. The van der Waals surface area contributed by atoms with E-state index in [1.54, 1.807) is 13.3 Å². The van der Waals surface area contributed by atoms with Gasteiger partial charge in [-0.2, -0.15) is 0 Å². The summed E-state index contributed by atoms with van der Waals surface area (Å²) in [5.41, 5.74) is 2.86. The zero-order valence-electron chi connectivity index (χ0n) is 14.4. The summed E-state index contributed by atoms with van der Waals surface area (Å²) in [5.74, 6) is 1.48. The molecule has 4 nitrogen and oxygen atoms in total. The monoisotopic (exact) mass is 319 g/mol. The minimum absolute atomic E-state index is 0.0767. The van der Waals surface area contributed by atoms with Crippen LogP contribution in [-0.2, 0) is 5.41 Å². The molecule has 0 bridgehead atoms. The van der Waals surface area contributed by atoms with E-state index in [2.05, 4.69) is 30.7 Å². The van der Waals surface area contributed by atoms with E-state index < -0.39 is 0 Å². The smallest absolute Gasteiger partial charge is 0.152 e. The van der Waals surface area contributed by atoms with Gasteiger partial charge in [0.1, 0.15) is 5.75 Å². The van der Waals surface area contributed by atoms with Crippen molar-refractivity contribution in [1.29, 1.82) is 0 Å². The predicted molar refractivity (Wildman–Crippen MR) is 98.0 cm³/mol. The van der Waals surface area contributed by atoms with Gasteiger partial charge in [-0.15, -0.1) is 0 Å². The Morgan fingerprint density at radius 1 is 1.04 bits per heavy atom. The van der Waals surface area contributed by atoms with Crippen LogP contribution in [-0.4, -0.2) is 22.1 Å². The predicted octanol–water partition coefficient (Wildman–Crippen LogP) is 4.50. The molecule has 0 atom stereocenters. The molecular formula is C20H21N3O. The Morgan fingerprint density at radius 2 is 1.88 bits per heavy atom. The van der Waals surface area contributed by atoms with E-state index in [1.807, 2.05) is 48.7 Å². The number of ether oxygens (including phenoxy) is 1. The average molecular weight is 319 g/mol. The van der Waals surface area contributed by atoms with Gasteiger partial charge in [-0.1, -0.05) is 26.8 Å². The number of methoxy groups -OCH3 is 1. The fourth-order valence-corrected chi connectivity index (χ4v) is 2.55. The first kappa shape index (κ1) is 16.1. The molecule has 0 saturated carbocycles. The van der Waals surface area contributed by atoms with E-state index >= 15 is 0 Å². The molecule has 0 radical (unpaired) electrons. The van der Waals surface area contributed by atoms with Gasteiger partial charge in [0, 0.05) is 29.3 Å². The van der Waals surface area contributed by atoms with Gasteiger partial charge in [0.15, 0.2) is 5.82 Å². The lowest BCUT2D eigenvalue weighted by Gasteiger charge is -2.20. The Morgan fingerprint density at radius 3 is 2.54 bits per heavy atom. The maximum atomic E-state index is 5.33. The normalized spacial score (nSPS) is 12.0. The fourth-order valence-electron chi connectivity index (χ4n) is 2.55. The molecule has 1 aromatic carbocycles. The van der Waals surface area contributed by atoms with Crippen molar-refractivity contribution in [3.8, 4) is 5.75 Å². The van der Waals surface area contributed by atoms with Crippen LogP contribution in [0, 0.1) is 0 Å². The van der Waals surface area contributed by atoms with Crippen molar-refractivity contribution in [2.45, 2.75) is 26.2 Å². The molecule has 0 aliphatic carbocycles. The van der Waals surface area contributed by atoms with Crippen LogP contribution in [0.4, 0.5) is 0 Å². The van der Waals surface area contributed by atoms with Gasteiger partial charge in [0.2, 0.25) is 0 Å². The Hall–Kier alpha value is -2.75. The molecule has 0 amide bonds. The summed E-state index contributed by atoms with van der Waals surface area (Å²) in [6.45, 7) is 6.48. The summed E-state index contributed by atoms with van der Waals surface area (Å²) >= 11 is 0. The number of nitrogens with zero attached hydrogens (tertiary/aromatic N) is 3. The van der Waals surface area contributed by atoms with E-state index in [0.29, 0.717) is 5.82 Å². The molecule has 24 heavy (non-hydrogen) atoms. The van der Waals surface area contributed by atoms with E-state index in [1.165, 1.54) is 0 Å². The summed E-state index contributed by atoms with van der Waals surface area (Å²) in [6.07, 6.45) is 7.46. The number of aromatic nitrogens is 3. The maximum absolute atomic E-state index is 5.33. The topological polar surface area (TPSA) is 47.9 Å². The molecular weight excluding hydrogens is 298 g/mol. The Labute approximate surface area is 142 Å². The van der Waals surface area contributed by atoms with Gasteiger partial charge in [-0.3, -0.25) is 4.98 Å². The van der Waals surface area contributed by atoms with Crippen LogP contribution in [0.5, 0.6) is 5.75 Å². The van der Waals surface area contributed by atoms with Crippen molar-refractivity contribution in [2.24, 2.45) is 0 Å². The highest BCUT2D eigenvalue weighted by Gasteiger charge is 2.20. The standard InChI is InChI=1S/C20H21N3O/c1-20(2,3)19-16-9-8-15(24-4)12-17(16)22-18(23-19)10-7-14-6-5-11-21-13-14/h5-13H,1-4H3/b10-7+. The molecule has 0 spiro atoms. The second-order valence-electron chi connectivity index (χ2n) is 6.68. The third-order valence-corrected chi connectivity index (χ3v) is 3.74. The summed E-state index contributed by atoms with van der Waals surface area (Å²) in [5, 5.41) is 1.06. The molecule has 2 heterocycles. The zero-order valence-corrected chi connectivity index (χ0v) is 14.4. The lowest BCUT2D eigenvalue weighted by atomic mass is 9.89. The van der Waals surface area contributed by atoms with Crippen LogP contribution in [0.15, 0.2) is 42.7 Å². The van der Waals surface area contributed by atoms with Gasteiger partial charge in [0.05, 0.1) is 18.3 Å². The molecule has 0 fully saturated rings. The molecule has 122 valence electrons. The highest BCUT2D eigenvalue weighted by molar-refractivity contribution is 5.84. The highest BCUT2D eigenvalue weighted by Crippen LogP contribution is 2.30. The Bertz CT molecular complexity index is 881. The number of rotatable bonds is 3. The molecule has 0 aliphatic heterocycles. The van der Waals surface area contributed by atoms with Crippen molar-refractivity contribution >= 4 is 23.1 Å². The molecule has 0 aliphatic rings. The van der Waals surface area contributed by atoms with Crippen LogP contribution in [0.3, 0.4) is 0 Å². The van der Waals surface area contributed by atoms with Crippen LogP contribution < -0.4 is 4.74 Å². The van der Waals surface area contributed by atoms with Gasteiger partial charge < -0.3 is 4.74 Å².